The Kier molecular flexibility index (Phi) is 6.57. The minimum Gasteiger partial charge on any atom is -0.496 e. The average Bonchev–Trinajstić information content (AvgIpc) is 2.65. The number of aliphatic imine (C=N–C) groups is 1. The highest BCUT2D eigenvalue weighted by Crippen LogP contribution is 2.49. The smallest absolute Gasteiger partial charge is 0.426 e. The summed E-state index contributed by atoms with van der Waals surface area (Å²) in [5.74, 6) is -1.43. The number of halogens is 4. The minimum atomic E-state index is -5.20. The van der Waals surface area contributed by atoms with Crippen molar-refractivity contribution < 1.29 is 27.4 Å². The Hall–Kier alpha value is -2.61. The Labute approximate surface area is 167 Å². The molecule has 0 bridgehead atoms. The molecule has 1 atom stereocenters. The molecule has 0 spiro atoms. The number of ether oxygens (including phenoxy) is 1. The molecular formula is C21H24F4N2O2. The maximum atomic E-state index is 14.3. The number of aliphatic hydroxyl groups is 1. The van der Waals surface area contributed by atoms with Crippen LogP contribution in [0.3, 0.4) is 0 Å². The second-order valence-electron chi connectivity index (χ2n) is 7.03. The van der Waals surface area contributed by atoms with E-state index in [-0.39, 0.29) is 11.8 Å². The van der Waals surface area contributed by atoms with E-state index in [0.717, 1.165) is 18.2 Å². The van der Waals surface area contributed by atoms with Crippen LogP contribution in [0.25, 0.3) is 0 Å². The monoisotopic (exact) mass is 412 g/mol. The fourth-order valence-electron chi connectivity index (χ4n) is 2.76. The zero-order chi connectivity index (χ0) is 22.0. The zero-order valence-electron chi connectivity index (χ0n) is 16.9. The van der Waals surface area contributed by atoms with Crippen LogP contribution < -0.4 is 4.74 Å². The molecule has 0 aromatic heterocycles. The van der Waals surface area contributed by atoms with Gasteiger partial charge in [0.2, 0.25) is 5.60 Å². The summed E-state index contributed by atoms with van der Waals surface area (Å²) < 4.78 is 61.5. The largest absolute Gasteiger partial charge is 0.496 e. The Balaban J connectivity index is 2.70. The van der Waals surface area contributed by atoms with Crippen molar-refractivity contribution in [3.05, 3.63) is 58.9 Å². The quantitative estimate of drug-likeness (QED) is 0.415. The van der Waals surface area contributed by atoms with Crippen LogP contribution in [0.4, 0.5) is 23.2 Å². The normalized spacial score (nSPS) is 14.3. The minimum absolute atomic E-state index is 0.177. The first-order chi connectivity index (χ1) is 13.4. The van der Waals surface area contributed by atoms with Gasteiger partial charge in [-0.25, -0.2) is 9.38 Å². The van der Waals surface area contributed by atoms with Crippen molar-refractivity contribution in [3.8, 4) is 5.75 Å². The Bertz CT molecular complexity index is 897. The van der Waals surface area contributed by atoms with Crippen LogP contribution >= 0.6 is 0 Å². The lowest BCUT2D eigenvalue weighted by Gasteiger charge is -2.33. The molecular weight excluding hydrogens is 388 g/mol. The van der Waals surface area contributed by atoms with Crippen LogP contribution in [0.5, 0.6) is 5.75 Å². The van der Waals surface area contributed by atoms with Crippen molar-refractivity contribution >= 4 is 12.0 Å². The fraction of sp³-hybridized carbons (Fsp3) is 0.381. The summed E-state index contributed by atoms with van der Waals surface area (Å²) >= 11 is 0. The number of rotatable bonds is 6. The summed E-state index contributed by atoms with van der Waals surface area (Å²) in [6.45, 7) is 5.48. The summed E-state index contributed by atoms with van der Waals surface area (Å²) in [5, 5.41) is 10.8. The lowest BCUT2D eigenvalue weighted by molar-refractivity contribution is -0.249. The number of methoxy groups -OCH3 is 1. The number of alkyl halides is 3. The fourth-order valence-corrected chi connectivity index (χ4v) is 2.76. The van der Waals surface area contributed by atoms with E-state index in [9.17, 15) is 22.7 Å². The van der Waals surface area contributed by atoms with Gasteiger partial charge in [-0.2, -0.15) is 13.2 Å². The number of hydrogen-bond acceptors (Lipinski definition) is 3. The van der Waals surface area contributed by atoms with Crippen molar-refractivity contribution in [1.29, 1.82) is 0 Å². The van der Waals surface area contributed by atoms with Gasteiger partial charge < -0.3 is 14.7 Å². The lowest BCUT2D eigenvalue weighted by Crippen LogP contribution is -2.44. The van der Waals surface area contributed by atoms with Gasteiger partial charge in [0.25, 0.3) is 0 Å². The molecule has 0 fully saturated rings. The molecule has 1 N–H and O–H groups in total. The number of nitrogens with zero attached hydrogens (tertiary/aromatic N) is 2. The van der Waals surface area contributed by atoms with Crippen LogP contribution in [0, 0.1) is 12.7 Å². The molecule has 0 aliphatic rings. The number of hydrogen-bond donors (Lipinski definition) is 1. The van der Waals surface area contributed by atoms with E-state index in [1.54, 1.807) is 13.3 Å². The SMILES string of the molecule is COc1cc(/N=C/N(C)C(C)C)c(C)cc1C(O)(c1ccccc1F)C(F)(F)F. The Morgan fingerprint density at radius 1 is 1.14 bits per heavy atom. The van der Waals surface area contributed by atoms with E-state index in [2.05, 4.69) is 4.99 Å². The van der Waals surface area contributed by atoms with Gasteiger partial charge in [-0.15, -0.1) is 0 Å². The van der Waals surface area contributed by atoms with Crippen molar-refractivity contribution in [2.45, 2.75) is 38.6 Å². The van der Waals surface area contributed by atoms with E-state index in [0.29, 0.717) is 11.3 Å². The molecule has 2 aromatic carbocycles. The highest BCUT2D eigenvalue weighted by atomic mass is 19.4. The van der Waals surface area contributed by atoms with Gasteiger partial charge in [0.15, 0.2) is 0 Å². The van der Waals surface area contributed by atoms with Crippen molar-refractivity contribution in [1.82, 2.24) is 4.90 Å². The van der Waals surface area contributed by atoms with E-state index in [1.165, 1.54) is 25.3 Å². The first kappa shape index (κ1) is 22.7. The predicted octanol–water partition coefficient (Wildman–Crippen LogP) is 4.94. The predicted molar refractivity (Wildman–Crippen MR) is 104 cm³/mol. The summed E-state index contributed by atoms with van der Waals surface area (Å²) in [7, 11) is 3.00. The van der Waals surface area contributed by atoms with Gasteiger partial charge in [0.1, 0.15) is 11.6 Å². The van der Waals surface area contributed by atoms with Crippen LogP contribution in [-0.2, 0) is 5.60 Å². The topological polar surface area (TPSA) is 45.1 Å². The van der Waals surface area contributed by atoms with E-state index in [4.69, 9.17) is 4.74 Å². The van der Waals surface area contributed by atoms with Gasteiger partial charge in [-0.05, 0) is 38.5 Å². The van der Waals surface area contributed by atoms with E-state index < -0.39 is 28.7 Å². The molecule has 29 heavy (non-hydrogen) atoms. The van der Waals surface area contributed by atoms with Crippen LogP contribution in [0.15, 0.2) is 41.4 Å². The second kappa shape index (κ2) is 8.41. The molecule has 4 nitrogen and oxygen atoms in total. The number of benzene rings is 2. The molecule has 0 aliphatic heterocycles. The number of aryl methyl sites for hydroxylation is 1. The molecule has 0 aliphatic carbocycles. The third-order valence-corrected chi connectivity index (χ3v) is 4.78. The first-order valence-electron chi connectivity index (χ1n) is 8.92. The summed E-state index contributed by atoms with van der Waals surface area (Å²) in [4.78, 5) is 6.12. The summed E-state index contributed by atoms with van der Waals surface area (Å²) in [6, 6.07) is 6.85. The standard InChI is InChI=1S/C21H24F4N2O2/c1-13(2)27(4)12-26-18-11-19(29-5)16(10-14(18)3)20(28,21(23,24)25)15-8-6-7-9-17(15)22/h6-13,28H,1-5H3/b26-12+. The molecule has 158 valence electrons. The van der Waals surface area contributed by atoms with Crippen LogP contribution in [0.2, 0.25) is 0 Å². The molecule has 2 rings (SSSR count). The second-order valence-corrected chi connectivity index (χ2v) is 7.03. The Morgan fingerprint density at radius 3 is 2.28 bits per heavy atom. The third-order valence-electron chi connectivity index (χ3n) is 4.78. The van der Waals surface area contributed by atoms with Gasteiger partial charge in [0, 0.05) is 30.3 Å². The molecule has 0 radical (unpaired) electrons. The zero-order valence-corrected chi connectivity index (χ0v) is 16.9. The van der Waals surface area contributed by atoms with Gasteiger partial charge in [-0.1, -0.05) is 18.2 Å². The lowest BCUT2D eigenvalue weighted by atomic mass is 9.83. The van der Waals surface area contributed by atoms with E-state index >= 15 is 0 Å². The first-order valence-corrected chi connectivity index (χ1v) is 8.92. The average molecular weight is 412 g/mol. The molecule has 0 saturated carbocycles. The van der Waals surface area contributed by atoms with Gasteiger partial charge in [0.05, 0.1) is 19.1 Å². The van der Waals surface area contributed by atoms with E-state index in [1.807, 2.05) is 25.8 Å². The molecule has 1 unspecified atom stereocenters. The van der Waals surface area contributed by atoms with Crippen LogP contribution in [-0.4, -0.2) is 42.7 Å². The third kappa shape index (κ3) is 4.37. The molecule has 2 aromatic rings. The summed E-state index contributed by atoms with van der Waals surface area (Å²) in [5.41, 5.74) is -4.36. The molecule has 0 amide bonds. The summed E-state index contributed by atoms with van der Waals surface area (Å²) in [6.07, 6.45) is -3.64. The Morgan fingerprint density at radius 2 is 1.76 bits per heavy atom. The highest BCUT2D eigenvalue weighted by Gasteiger charge is 2.58. The van der Waals surface area contributed by atoms with Gasteiger partial charge >= 0.3 is 6.18 Å². The van der Waals surface area contributed by atoms with Gasteiger partial charge in [-0.3, -0.25) is 0 Å². The molecule has 0 saturated heterocycles. The van der Waals surface area contributed by atoms with Crippen molar-refractivity contribution in [2.24, 2.45) is 4.99 Å². The maximum absolute atomic E-state index is 14.3. The van der Waals surface area contributed by atoms with Crippen molar-refractivity contribution in [3.63, 3.8) is 0 Å². The maximum Gasteiger partial charge on any atom is 0.426 e. The molecule has 8 heteroatoms. The van der Waals surface area contributed by atoms with Crippen molar-refractivity contribution in [2.75, 3.05) is 14.2 Å². The molecule has 0 heterocycles. The van der Waals surface area contributed by atoms with Crippen LogP contribution in [0.1, 0.15) is 30.5 Å². The highest BCUT2D eigenvalue weighted by molar-refractivity contribution is 5.66.